The van der Waals surface area contributed by atoms with E-state index in [1.165, 1.54) is 0 Å². The fraction of sp³-hybridized carbons (Fsp3) is 0.833. The number of hydrogen-bond acceptors (Lipinski definition) is 4. The maximum Gasteiger partial charge on any atom is 0.454 e. The van der Waals surface area contributed by atoms with E-state index in [1.54, 1.807) is 0 Å². The highest BCUT2D eigenvalue weighted by atomic mass is 16.4. The molecule has 0 aliphatic heterocycles. The van der Waals surface area contributed by atoms with Crippen LogP contribution in [0.1, 0.15) is 19.3 Å². The highest BCUT2D eigenvalue weighted by Gasteiger charge is 2.45. The van der Waals surface area contributed by atoms with E-state index in [0.29, 0.717) is 12.8 Å². The summed E-state index contributed by atoms with van der Waals surface area (Å²) < 4.78 is 0. The molecule has 5 N–H and O–H groups in total. The van der Waals surface area contributed by atoms with E-state index in [4.69, 9.17) is 20.9 Å². The van der Waals surface area contributed by atoms with Gasteiger partial charge in [0, 0.05) is 0 Å². The van der Waals surface area contributed by atoms with Crippen LogP contribution in [0.25, 0.3) is 0 Å². The quantitative estimate of drug-likeness (QED) is 0.392. The van der Waals surface area contributed by atoms with Crippen LogP contribution >= 0.6 is 0 Å². The Hall–Kier alpha value is -0.585. The SMILES string of the molecule is NC1(C(=O)O)CCC(B(O)O)C1. The largest absolute Gasteiger partial charge is 0.480 e. The number of nitrogens with two attached hydrogens (primary N) is 1. The Kier molecular flexibility index (Phi) is 2.41. The van der Waals surface area contributed by atoms with E-state index in [2.05, 4.69) is 0 Å². The minimum atomic E-state index is -1.45. The average molecular weight is 173 g/mol. The molecule has 2 unspecified atom stereocenters. The summed E-state index contributed by atoms with van der Waals surface area (Å²) >= 11 is 0. The Bertz CT molecular complexity index is 198. The van der Waals surface area contributed by atoms with Gasteiger partial charge in [0.1, 0.15) is 5.54 Å². The van der Waals surface area contributed by atoms with Gasteiger partial charge >= 0.3 is 13.1 Å². The van der Waals surface area contributed by atoms with Crippen molar-refractivity contribution in [2.75, 3.05) is 0 Å². The van der Waals surface area contributed by atoms with Crippen LogP contribution in [0.5, 0.6) is 0 Å². The smallest absolute Gasteiger partial charge is 0.454 e. The molecule has 0 bridgehead atoms. The lowest BCUT2D eigenvalue weighted by molar-refractivity contribution is -0.143. The molecule has 0 aromatic heterocycles. The molecule has 12 heavy (non-hydrogen) atoms. The molecular formula is C6H12BNO4. The molecule has 0 heterocycles. The van der Waals surface area contributed by atoms with Gasteiger partial charge in [-0.1, -0.05) is 0 Å². The maximum atomic E-state index is 10.6. The van der Waals surface area contributed by atoms with Gasteiger partial charge in [-0.15, -0.1) is 0 Å². The van der Waals surface area contributed by atoms with Gasteiger partial charge in [-0.2, -0.15) is 0 Å². The van der Waals surface area contributed by atoms with Crippen molar-refractivity contribution in [3.05, 3.63) is 0 Å². The fourth-order valence-electron chi connectivity index (χ4n) is 1.56. The van der Waals surface area contributed by atoms with Crippen LogP contribution in [0.15, 0.2) is 0 Å². The average Bonchev–Trinajstić information content (AvgIpc) is 2.33. The van der Waals surface area contributed by atoms with Crippen LogP contribution in [0, 0.1) is 0 Å². The number of aliphatic carboxylic acids is 1. The number of hydrogen-bond donors (Lipinski definition) is 4. The summed E-state index contributed by atoms with van der Waals surface area (Å²) in [5, 5.41) is 26.2. The van der Waals surface area contributed by atoms with Crippen molar-refractivity contribution < 1.29 is 19.9 Å². The topological polar surface area (TPSA) is 104 Å². The molecule has 1 saturated carbocycles. The highest BCUT2D eigenvalue weighted by molar-refractivity contribution is 6.43. The predicted molar refractivity (Wildman–Crippen MR) is 42.3 cm³/mol. The lowest BCUT2D eigenvalue weighted by Crippen LogP contribution is -2.45. The van der Waals surface area contributed by atoms with Crippen LogP contribution in [0.3, 0.4) is 0 Å². The van der Waals surface area contributed by atoms with E-state index in [0.717, 1.165) is 0 Å². The highest BCUT2D eigenvalue weighted by Crippen LogP contribution is 2.37. The van der Waals surface area contributed by atoms with Gasteiger partial charge in [0.25, 0.3) is 0 Å². The monoisotopic (exact) mass is 173 g/mol. The summed E-state index contributed by atoms with van der Waals surface area (Å²) in [5.41, 5.74) is 4.25. The molecule has 0 aromatic rings. The zero-order chi connectivity index (χ0) is 9.35. The first-order chi connectivity index (χ1) is 5.46. The fourth-order valence-corrected chi connectivity index (χ4v) is 1.56. The molecule has 1 aliphatic rings. The van der Waals surface area contributed by atoms with E-state index in [9.17, 15) is 4.79 Å². The molecule has 0 spiro atoms. The van der Waals surface area contributed by atoms with Crippen LogP contribution in [0.2, 0.25) is 5.82 Å². The van der Waals surface area contributed by atoms with Gasteiger partial charge in [-0.25, -0.2) is 0 Å². The molecule has 5 nitrogen and oxygen atoms in total. The Morgan fingerprint density at radius 2 is 2.17 bits per heavy atom. The van der Waals surface area contributed by atoms with Crippen LogP contribution in [-0.4, -0.2) is 33.8 Å². The Morgan fingerprint density at radius 1 is 1.58 bits per heavy atom. The van der Waals surface area contributed by atoms with Crippen molar-refractivity contribution >= 4 is 13.1 Å². The Labute approximate surface area is 70.3 Å². The molecule has 68 valence electrons. The normalized spacial score (nSPS) is 35.1. The van der Waals surface area contributed by atoms with Crippen molar-refractivity contribution in [1.82, 2.24) is 0 Å². The molecule has 2 atom stereocenters. The second-order valence-electron chi connectivity index (χ2n) is 3.38. The second-order valence-corrected chi connectivity index (χ2v) is 3.38. The number of carboxylic acid groups (broad SMARTS) is 1. The maximum absolute atomic E-state index is 10.6. The lowest BCUT2D eigenvalue weighted by atomic mass is 9.71. The van der Waals surface area contributed by atoms with Gasteiger partial charge in [0.2, 0.25) is 0 Å². The third-order valence-electron chi connectivity index (χ3n) is 2.44. The van der Waals surface area contributed by atoms with Crippen LogP contribution < -0.4 is 5.73 Å². The van der Waals surface area contributed by atoms with E-state index >= 15 is 0 Å². The third-order valence-corrected chi connectivity index (χ3v) is 2.44. The number of rotatable bonds is 2. The molecular weight excluding hydrogens is 161 g/mol. The number of carboxylic acids is 1. The van der Waals surface area contributed by atoms with Crippen molar-refractivity contribution in [3.8, 4) is 0 Å². The molecule has 1 rings (SSSR count). The zero-order valence-electron chi connectivity index (χ0n) is 6.60. The van der Waals surface area contributed by atoms with E-state index in [-0.39, 0.29) is 6.42 Å². The van der Waals surface area contributed by atoms with Crippen molar-refractivity contribution in [2.45, 2.75) is 30.6 Å². The zero-order valence-corrected chi connectivity index (χ0v) is 6.60. The summed E-state index contributed by atoms with van der Waals surface area (Å²) in [6.07, 6.45) is 0.908. The molecule has 1 aliphatic carbocycles. The van der Waals surface area contributed by atoms with Gasteiger partial charge in [0.15, 0.2) is 0 Å². The molecule has 0 radical (unpaired) electrons. The van der Waals surface area contributed by atoms with E-state index in [1.807, 2.05) is 0 Å². The second kappa shape index (κ2) is 3.04. The predicted octanol–water partition coefficient (Wildman–Crippen LogP) is -1.20. The summed E-state index contributed by atoms with van der Waals surface area (Å²) in [6, 6.07) is 0. The van der Waals surface area contributed by atoms with Gasteiger partial charge in [-0.05, 0) is 25.1 Å². The third kappa shape index (κ3) is 1.60. The molecule has 6 heteroatoms. The Morgan fingerprint density at radius 3 is 2.42 bits per heavy atom. The van der Waals surface area contributed by atoms with Crippen molar-refractivity contribution in [3.63, 3.8) is 0 Å². The first-order valence-corrected chi connectivity index (χ1v) is 3.84. The molecule has 0 saturated heterocycles. The summed E-state index contributed by atoms with van der Waals surface area (Å²) in [4.78, 5) is 10.6. The van der Waals surface area contributed by atoms with Gasteiger partial charge < -0.3 is 20.9 Å². The first kappa shape index (κ1) is 9.50. The number of carbonyl (C=O) groups is 1. The summed E-state index contributed by atoms with van der Waals surface area (Å²) in [5.74, 6) is -1.46. The minimum absolute atomic E-state index is 0.139. The van der Waals surface area contributed by atoms with E-state index < -0.39 is 24.4 Å². The van der Waals surface area contributed by atoms with Crippen molar-refractivity contribution in [2.24, 2.45) is 5.73 Å². The minimum Gasteiger partial charge on any atom is -0.480 e. The van der Waals surface area contributed by atoms with Crippen LogP contribution in [-0.2, 0) is 4.79 Å². The lowest BCUT2D eigenvalue weighted by Gasteiger charge is -2.17. The molecule has 1 fully saturated rings. The Balaban J connectivity index is 2.61. The molecule has 0 aromatic carbocycles. The van der Waals surface area contributed by atoms with Gasteiger partial charge in [-0.3, -0.25) is 4.79 Å². The van der Waals surface area contributed by atoms with Gasteiger partial charge in [0.05, 0.1) is 0 Å². The summed E-state index contributed by atoms with van der Waals surface area (Å²) in [6.45, 7) is 0. The first-order valence-electron chi connectivity index (χ1n) is 3.84. The van der Waals surface area contributed by atoms with Crippen LogP contribution in [0.4, 0.5) is 0 Å². The molecule has 0 amide bonds. The standard InChI is InChI=1S/C6H12BNO4/c8-6(5(9)10)2-1-4(3-6)7(11)12/h4,11-12H,1-3,8H2,(H,9,10). The summed E-state index contributed by atoms with van der Waals surface area (Å²) in [7, 11) is -1.45. The van der Waals surface area contributed by atoms with Crippen molar-refractivity contribution in [1.29, 1.82) is 0 Å².